The molecular weight excluding hydrogens is 344 g/mol. The first-order chi connectivity index (χ1) is 13.8. The van der Waals surface area contributed by atoms with Crippen LogP contribution in [0.5, 0.6) is 0 Å². The summed E-state index contributed by atoms with van der Waals surface area (Å²) >= 11 is 0. The van der Waals surface area contributed by atoms with Crippen LogP contribution in [0.2, 0.25) is 0 Å². The number of rotatable bonds is 23. The summed E-state index contributed by atoms with van der Waals surface area (Å²) in [5.74, 6) is 0. The van der Waals surface area contributed by atoms with Gasteiger partial charge in [0.15, 0.2) is 6.29 Å². The molecule has 0 N–H and O–H groups in total. The van der Waals surface area contributed by atoms with Gasteiger partial charge in [0.05, 0.1) is 0 Å². The number of hydrogen-bond donors (Lipinski definition) is 0. The van der Waals surface area contributed by atoms with E-state index in [1.54, 1.807) is 0 Å². The van der Waals surface area contributed by atoms with E-state index >= 15 is 0 Å². The molecule has 0 bridgehead atoms. The van der Waals surface area contributed by atoms with Gasteiger partial charge in [-0.1, -0.05) is 109 Å². The summed E-state index contributed by atoms with van der Waals surface area (Å²) in [5.41, 5.74) is 0. The van der Waals surface area contributed by atoms with Crippen molar-refractivity contribution in [3.63, 3.8) is 0 Å². The highest BCUT2D eigenvalue weighted by atomic mass is 16.7. The van der Waals surface area contributed by atoms with E-state index in [2.05, 4.69) is 26.5 Å². The molecule has 0 saturated carbocycles. The number of ether oxygens (including phenoxy) is 2. The topological polar surface area (TPSA) is 18.5 Å². The Balaban J connectivity index is 3.71. The largest absolute Gasteiger partial charge is 0.353 e. The van der Waals surface area contributed by atoms with Gasteiger partial charge in [0.25, 0.3) is 0 Å². The van der Waals surface area contributed by atoms with Crippen molar-refractivity contribution in [2.75, 3.05) is 13.2 Å². The molecule has 0 saturated heterocycles. The van der Waals surface area contributed by atoms with Crippen molar-refractivity contribution in [3.05, 3.63) is 24.8 Å². The van der Waals surface area contributed by atoms with Crippen LogP contribution in [-0.4, -0.2) is 19.5 Å². The molecule has 2 nitrogen and oxygen atoms in total. The van der Waals surface area contributed by atoms with Crippen molar-refractivity contribution in [3.8, 4) is 0 Å². The first kappa shape index (κ1) is 27.4. The predicted molar refractivity (Wildman–Crippen MR) is 125 cm³/mol. The molecule has 28 heavy (non-hydrogen) atoms. The van der Waals surface area contributed by atoms with Gasteiger partial charge in [-0.25, -0.2) is 0 Å². The first-order valence-electron chi connectivity index (χ1n) is 12.4. The zero-order chi connectivity index (χ0) is 20.5. The van der Waals surface area contributed by atoms with E-state index in [1.807, 2.05) is 12.2 Å². The molecule has 0 atom stereocenters. The molecule has 0 radical (unpaired) electrons. The third-order valence-corrected chi connectivity index (χ3v) is 5.19. The summed E-state index contributed by atoms with van der Waals surface area (Å²) in [7, 11) is 0. The van der Waals surface area contributed by atoms with Gasteiger partial charge in [0.1, 0.15) is 0 Å². The minimum atomic E-state index is 0.0277. The Kier molecular flexibility index (Phi) is 23.9. The second-order valence-electron chi connectivity index (χ2n) is 8.01. The van der Waals surface area contributed by atoms with Gasteiger partial charge < -0.3 is 9.47 Å². The van der Waals surface area contributed by atoms with Crippen molar-refractivity contribution in [2.45, 2.75) is 129 Å². The highest BCUT2D eigenvalue weighted by molar-refractivity contribution is 4.96. The van der Waals surface area contributed by atoms with Gasteiger partial charge in [-0.2, -0.15) is 0 Å². The third-order valence-electron chi connectivity index (χ3n) is 5.19. The number of allylic oxidation sites excluding steroid dienone is 3. The zero-order valence-electron chi connectivity index (χ0n) is 19.3. The van der Waals surface area contributed by atoms with Gasteiger partial charge in [0.2, 0.25) is 0 Å². The van der Waals surface area contributed by atoms with Gasteiger partial charge >= 0.3 is 0 Å². The first-order valence-corrected chi connectivity index (χ1v) is 12.4. The third kappa shape index (κ3) is 21.7. The SMILES string of the molecule is C=C/C=C\CCCCCCCCCC(OCCCCCC)OCCCCCC. The van der Waals surface area contributed by atoms with Crippen LogP contribution < -0.4 is 0 Å². The van der Waals surface area contributed by atoms with Gasteiger partial charge in [-0.05, 0) is 38.5 Å². The van der Waals surface area contributed by atoms with Crippen molar-refractivity contribution in [1.29, 1.82) is 0 Å². The van der Waals surface area contributed by atoms with E-state index < -0.39 is 0 Å². The lowest BCUT2D eigenvalue weighted by molar-refractivity contribution is -0.148. The van der Waals surface area contributed by atoms with Crippen molar-refractivity contribution < 1.29 is 9.47 Å². The van der Waals surface area contributed by atoms with Crippen LogP contribution in [0.25, 0.3) is 0 Å². The molecule has 0 aromatic rings. The maximum atomic E-state index is 6.05. The summed E-state index contributed by atoms with van der Waals surface area (Å²) < 4.78 is 12.1. The highest BCUT2D eigenvalue weighted by Crippen LogP contribution is 2.14. The zero-order valence-corrected chi connectivity index (χ0v) is 19.3. The Morgan fingerprint density at radius 3 is 1.68 bits per heavy atom. The summed E-state index contributed by atoms with van der Waals surface area (Å²) in [6, 6.07) is 0. The summed E-state index contributed by atoms with van der Waals surface area (Å²) in [4.78, 5) is 0. The quantitative estimate of drug-likeness (QED) is 0.0979. The van der Waals surface area contributed by atoms with E-state index in [9.17, 15) is 0 Å². The lowest BCUT2D eigenvalue weighted by Gasteiger charge is -2.19. The Morgan fingerprint density at radius 2 is 1.14 bits per heavy atom. The number of hydrogen-bond acceptors (Lipinski definition) is 2. The van der Waals surface area contributed by atoms with Crippen LogP contribution in [0, 0.1) is 0 Å². The maximum Gasteiger partial charge on any atom is 0.157 e. The second-order valence-corrected chi connectivity index (χ2v) is 8.01. The lowest BCUT2D eigenvalue weighted by Crippen LogP contribution is -2.19. The van der Waals surface area contributed by atoms with Crippen LogP contribution >= 0.6 is 0 Å². The molecule has 0 aliphatic rings. The average Bonchev–Trinajstić information content (AvgIpc) is 2.71. The summed E-state index contributed by atoms with van der Waals surface area (Å²) in [5, 5.41) is 0. The minimum Gasteiger partial charge on any atom is -0.353 e. The fourth-order valence-corrected chi connectivity index (χ4v) is 3.35. The predicted octanol–water partition coefficient (Wildman–Crippen LogP) is 8.76. The molecule has 2 heteroatoms. The Labute approximate surface area is 177 Å². The molecule has 0 amide bonds. The lowest BCUT2D eigenvalue weighted by atomic mass is 10.1. The van der Waals surface area contributed by atoms with Crippen molar-refractivity contribution in [1.82, 2.24) is 0 Å². The smallest absolute Gasteiger partial charge is 0.157 e. The van der Waals surface area contributed by atoms with Crippen LogP contribution in [0.1, 0.15) is 123 Å². The molecule has 166 valence electrons. The molecule has 0 aromatic heterocycles. The van der Waals surface area contributed by atoms with Crippen LogP contribution in [0.3, 0.4) is 0 Å². The minimum absolute atomic E-state index is 0.0277. The summed E-state index contributed by atoms with van der Waals surface area (Å²) in [6.45, 7) is 9.93. The molecule has 0 fully saturated rings. The van der Waals surface area contributed by atoms with Gasteiger partial charge in [0, 0.05) is 13.2 Å². The summed E-state index contributed by atoms with van der Waals surface area (Å²) in [6.07, 6.45) is 27.8. The standard InChI is InChI=1S/C26H50O2/c1-4-7-10-13-14-15-16-17-18-19-20-23-26(27-24-21-11-8-5-2)28-25-22-12-9-6-3/h4,7,10,26H,1,5-6,8-9,11-25H2,2-3H3/b10-7-. The molecule has 0 aliphatic heterocycles. The van der Waals surface area contributed by atoms with E-state index in [0.717, 1.165) is 19.6 Å². The average molecular weight is 395 g/mol. The van der Waals surface area contributed by atoms with E-state index in [-0.39, 0.29) is 6.29 Å². The molecule has 0 heterocycles. The monoisotopic (exact) mass is 394 g/mol. The molecule has 0 aromatic carbocycles. The van der Waals surface area contributed by atoms with Crippen molar-refractivity contribution in [2.24, 2.45) is 0 Å². The fourth-order valence-electron chi connectivity index (χ4n) is 3.35. The van der Waals surface area contributed by atoms with E-state index in [0.29, 0.717) is 0 Å². The van der Waals surface area contributed by atoms with Gasteiger partial charge in [-0.15, -0.1) is 0 Å². The highest BCUT2D eigenvalue weighted by Gasteiger charge is 2.09. The number of unbranched alkanes of at least 4 members (excludes halogenated alkanes) is 13. The fraction of sp³-hybridized carbons (Fsp3) is 0.846. The Bertz CT molecular complexity index is 310. The van der Waals surface area contributed by atoms with Crippen LogP contribution in [0.15, 0.2) is 24.8 Å². The van der Waals surface area contributed by atoms with Crippen molar-refractivity contribution >= 4 is 0 Å². The Morgan fingerprint density at radius 1 is 0.643 bits per heavy atom. The second kappa shape index (κ2) is 24.4. The Hall–Kier alpha value is -0.600. The molecule has 0 unspecified atom stereocenters. The van der Waals surface area contributed by atoms with E-state index in [4.69, 9.17) is 9.47 Å². The maximum absolute atomic E-state index is 6.05. The normalized spacial score (nSPS) is 11.7. The molecule has 0 rings (SSSR count). The molecule has 0 spiro atoms. The molecule has 0 aliphatic carbocycles. The van der Waals surface area contributed by atoms with Gasteiger partial charge in [-0.3, -0.25) is 0 Å². The molecular formula is C26H50O2. The van der Waals surface area contributed by atoms with Crippen LogP contribution in [-0.2, 0) is 9.47 Å². The van der Waals surface area contributed by atoms with E-state index in [1.165, 1.54) is 103 Å². The van der Waals surface area contributed by atoms with Crippen LogP contribution in [0.4, 0.5) is 0 Å².